The number of ether oxygens (including phenoxy) is 1. The van der Waals surface area contributed by atoms with Crippen LogP contribution in [0, 0.1) is 0 Å². The van der Waals surface area contributed by atoms with E-state index in [4.69, 9.17) is 27.9 Å². The number of benzene rings is 2. The van der Waals surface area contributed by atoms with Crippen LogP contribution in [0.1, 0.15) is 15.9 Å². The summed E-state index contributed by atoms with van der Waals surface area (Å²) in [4.78, 5) is 19.1. The minimum absolute atomic E-state index is 0.0534. The van der Waals surface area contributed by atoms with Crippen molar-refractivity contribution in [1.29, 1.82) is 0 Å². The van der Waals surface area contributed by atoms with Crippen LogP contribution in [-0.4, -0.2) is 34.3 Å². The van der Waals surface area contributed by atoms with Crippen molar-refractivity contribution in [3.63, 3.8) is 0 Å². The number of amides is 1. The Morgan fingerprint density at radius 2 is 2.07 bits per heavy atom. The number of aliphatic hydroxyl groups is 1. The normalized spacial score (nSPS) is 12.8. The minimum Gasteiger partial charge on any atom is -0.508 e. The first-order valence-corrected chi connectivity index (χ1v) is 9.81. The third-order valence-corrected chi connectivity index (χ3v) is 5.04. The molecule has 2 aromatic carbocycles. The van der Waals surface area contributed by atoms with Crippen LogP contribution >= 0.6 is 23.2 Å². The fourth-order valence-corrected chi connectivity index (χ4v) is 3.77. The van der Waals surface area contributed by atoms with Gasteiger partial charge in [0.25, 0.3) is 5.91 Å². The number of rotatable bonds is 4. The molecule has 30 heavy (non-hydrogen) atoms. The minimum atomic E-state index is -0.412. The number of phenols is 1. The van der Waals surface area contributed by atoms with E-state index in [0.29, 0.717) is 57.3 Å². The van der Waals surface area contributed by atoms with Crippen molar-refractivity contribution in [1.82, 2.24) is 4.98 Å². The number of hydrogen-bond acceptors (Lipinski definition) is 6. The van der Waals surface area contributed by atoms with Gasteiger partial charge in [-0.1, -0.05) is 29.3 Å². The van der Waals surface area contributed by atoms with Crippen LogP contribution < -0.4 is 15.0 Å². The van der Waals surface area contributed by atoms with E-state index >= 15 is 0 Å². The number of nitrogens with zero attached hydrogens (tertiary/aromatic N) is 2. The van der Waals surface area contributed by atoms with Gasteiger partial charge in [0.15, 0.2) is 11.6 Å². The molecule has 154 valence electrons. The van der Waals surface area contributed by atoms with E-state index in [1.54, 1.807) is 24.4 Å². The first kappa shape index (κ1) is 20.3. The van der Waals surface area contributed by atoms with E-state index in [-0.39, 0.29) is 12.4 Å². The Labute approximate surface area is 182 Å². The number of halogens is 2. The van der Waals surface area contributed by atoms with Crippen molar-refractivity contribution < 1.29 is 19.7 Å². The standard InChI is InChI=1S/C21H17Cl2N3O4/c22-13-7-14(9-15(28)8-13)25-21(29)16-2-1-3-18-19(16)30-5-4-26(18)20-17(23)6-12(11-27)10-24-20/h1-3,6-10,27-28H,4-5,11H2,(H,25,29). The number of hydrogen-bond donors (Lipinski definition) is 3. The molecule has 0 fully saturated rings. The van der Waals surface area contributed by atoms with Crippen LogP contribution in [0.25, 0.3) is 0 Å². The number of carbonyl (C=O) groups excluding carboxylic acids is 1. The summed E-state index contributed by atoms with van der Waals surface area (Å²) in [5, 5.41) is 22.4. The van der Waals surface area contributed by atoms with Crippen molar-refractivity contribution >= 4 is 46.3 Å². The van der Waals surface area contributed by atoms with Gasteiger partial charge in [0, 0.05) is 23.0 Å². The molecule has 1 aliphatic rings. The fraction of sp³-hybridized carbons (Fsp3) is 0.143. The number of nitrogens with one attached hydrogen (secondary N) is 1. The number of aromatic nitrogens is 1. The van der Waals surface area contributed by atoms with Crippen molar-refractivity contribution in [2.75, 3.05) is 23.4 Å². The number of fused-ring (bicyclic) bond motifs is 1. The van der Waals surface area contributed by atoms with Crippen LogP contribution in [0.3, 0.4) is 0 Å². The highest BCUT2D eigenvalue weighted by Gasteiger charge is 2.27. The highest BCUT2D eigenvalue weighted by atomic mass is 35.5. The predicted octanol–water partition coefficient (Wildman–Crippen LogP) is 4.37. The summed E-state index contributed by atoms with van der Waals surface area (Å²) in [5.74, 6) is 0.444. The summed E-state index contributed by atoms with van der Waals surface area (Å²) in [6.45, 7) is 0.663. The van der Waals surface area contributed by atoms with Crippen LogP contribution in [0.2, 0.25) is 10.0 Å². The molecule has 2 heterocycles. The van der Waals surface area contributed by atoms with Gasteiger partial charge in [-0.3, -0.25) is 4.79 Å². The van der Waals surface area contributed by atoms with Gasteiger partial charge in [-0.25, -0.2) is 4.98 Å². The number of para-hydroxylation sites is 1. The Kier molecular flexibility index (Phi) is 5.67. The Morgan fingerprint density at radius 1 is 1.23 bits per heavy atom. The summed E-state index contributed by atoms with van der Waals surface area (Å²) in [6.07, 6.45) is 1.55. The summed E-state index contributed by atoms with van der Waals surface area (Å²) in [5.41, 5.74) is 1.93. The third kappa shape index (κ3) is 4.00. The molecule has 7 nitrogen and oxygen atoms in total. The van der Waals surface area contributed by atoms with Gasteiger partial charge in [-0.15, -0.1) is 0 Å². The van der Waals surface area contributed by atoms with E-state index in [9.17, 15) is 15.0 Å². The molecule has 0 bridgehead atoms. The molecular formula is C21H17Cl2N3O4. The monoisotopic (exact) mass is 445 g/mol. The zero-order valence-electron chi connectivity index (χ0n) is 15.6. The van der Waals surface area contributed by atoms with Crippen molar-refractivity contribution in [3.05, 3.63) is 69.8 Å². The molecule has 0 radical (unpaired) electrons. The molecule has 0 atom stereocenters. The highest BCUT2D eigenvalue weighted by molar-refractivity contribution is 6.33. The molecule has 1 aliphatic heterocycles. The van der Waals surface area contributed by atoms with Crippen LogP contribution in [0.5, 0.6) is 11.5 Å². The molecule has 1 amide bonds. The number of aromatic hydroxyl groups is 1. The van der Waals surface area contributed by atoms with Crippen LogP contribution in [0.15, 0.2) is 48.7 Å². The van der Waals surface area contributed by atoms with Crippen molar-refractivity contribution in [2.45, 2.75) is 6.61 Å². The quantitative estimate of drug-likeness (QED) is 0.551. The molecule has 0 unspecified atom stereocenters. The van der Waals surface area contributed by atoms with Crippen LogP contribution in [-0.2, 0) is 6.61 Å². The lowest BCUT2D eigenvalue weighted by Crippen LogP contribution is -2.31. The number of phenolic OH excluding ortho intramolecular Hbond substituents is 1. The molecule has 3 aromatic rings. The maximum Gasteiger partial charge on any atom is 0.259 e. The topological polar surface area (TPSA) is 94.9 Å². The molecule has 4 rings (SSSR count). The lowest BCUT2D eigenvalue weighted by Gasteiger charge is -2.32. The second-order valence-electron chi connectivity index (χ2n) is 6.61. The first-order chi connectivity index (χ1) is 14.5. The van der Waals surface area contributed by atoms with Gasteiger partial charge in [0.05, 0.1) is 29.4 Å². The van der Waals surface area contributed by atoms with E-state index in [1.165, 1.54) is 18.2 Å². The summed E-state index contributed by atoms with van der Waals surface area (Å²) in [6, 6.07) is 11.2. The predicted molar refractivity (Wildman–Crippen MR) is 115 cm³/mol. The second-order valence-corrected chi connectivity index (χ2v) is 7.46. The Balaban J connectivity index is 1.68. The van der Waals surface area contributed by atoms with Gasteiger partial charge < -0.3 is 25.2 Å². The largest absolute Gasteiger partial charge is 0.508 e. The van der Waals surface area contributed by atoms with E-state index in [2.05, 4.69) is 10.3 Å². The maximum absolute atomic E-state index is 12.9. The van der Waals surface area contributed by atoms with Crippen LogP contribution in [0.4, 0.5) is 17.2 Å². The lowest BCUT2D eigenvalue weighted by atomic mass is 10.1. The molecule has 0 aliphatic carbocycles. The number of pyridine rings is 1. The third-order valence-electron chi connectivity index (χ3n) is 4.55. The zero-order valence-corrected chi connectivity index (χ0v) is 17.1. The van der Waals surface area contributed by atoms with Gasteiger partial charge in [-0.2, -0.15) is 0 Å². The highest BCUT2D eigenvalue weighted by Crippen LogP contribution is 2.41. The van der Waals surface area contributed by atoms with E-state index in [1.807, 2.05) is 11.0 Å². The molecule has 3 N–H and O–H groups in total. The Bertz CT molecular complexity index is 1100. The van der Waals surface area contributed by atoms with Gasteiger partial charge >= 0.3 is 0 Å². The molecule has 0 saturated carbocycles. The number of anilines is 3. The van der Waals surface area contributed by atoms with Gasteiger partial charge in [0.2, 0.25) is 0 Å². The molecular weight excluding hydrogens is 429 g/mol. The second kappa shape index (κ2) is 8.39. The molecule has 9 heteroatoms. The zero-order chi connectivity index (χ0) is 21.3. The Morgan fingerprint density at radius 3 is 2.80 bits per heavy atom. The van der Waals surface area contributed by atoms with Crippen molar-refractivity contribution in [2.24, 2.45) is 0 Å². The Hall–Kier alpha value is -3.00. The number of carbonyl (C=O) groups is 1. The van der Waals surface area contributed by atoms with E-state index in [0.717, 1.165) is 0 Å². The smallest absolute Gasteiger partial charge is 0.259 e. The lowest BCUT2D eigenvalue weighted by molar-refractivity contribution is 0.102. The maximum atomic E-state index is 12.9. The number of aliphatic hydroxyl groups excluding tert-OH is 1. The first-order valence-electron chi connectivity index (χ1n) is 9.06. The van der Waals surface area contributed by atoms with Gasteiger partial charge in [0.1, 0.15) is 12.4 Å². The molecule has 0 spiro atoms. The van der Waals surface area contributed by atoms with E-state index < -0.39 is 5.91 Å². The fourth-order valence-electron chi connectivity index (χ4n) is 3.25. The van der Waals surface area contributed by atoms with Crippen molar-refractivity contribution in [3.8, 4) is 11.5 Å². The average molecular weight is 446 g/mol. The summed E-state index contributed by atoms with van der Waals surface area (Å²) >= 11 is 12.3. The SMILES string of the molecule is O=C(Nc1cc(O)cc(Cl)c1)c1cccc2c1OCCN2c1ncc(CO)cc1Cl. The summed E-state index contributed by atoms with van der Waals surface area (Å²) < 4.78 is 5.81. The van der Waals surface area contributed by atoms with Gasteiger partial charge in [-0.05, 0) is 35.9 Å². The average Bonchev–Trinajstić information content (AvgIpc) is 2.72. The molecule has 1 aromatic heterocycles. The molecule has 0 saturated heterocycles. The summed E-state index contributed by atoms with van der Waals surface area (Å²) in [7, 11) is 0.